The highest BCUT2D eigenvalue weighted by molar-refractivity contribution is 5.73. The zero-order valence-electron chi connectivity index (χ0n) is 24.1. The second-order valence-electron chi connectivity index (χ2n) is 9.75. The number of aromatic nitrogens is 3. The number of ether oxygens (including phenoxy) is 1. The number of halogens is 9. The van der Waals surface area contributed by atoms with E-state index in [1.807, 2.05) is 37.4 Å². The first kappa shape index (κ1) is 40.0. The Hall–Kier alpha value is -3.98. The second-order valence-corrected chi connectivity index (χ2v) is 9.75. The summed E-state index contributed by atoms with van der Waals surface area (Å²) in [4.78, 5) is 36.0. The van der Waals surface area contributed by atoms with Crippen LogP contribution in [0.15, 0.2) is 36.9 Å². The molecule has 0 spiro atoms. The average molecular weight is 684 g/mol. The normalized spacial score (nSPS) is 20.1. The molecule has 3 atom stereocenters. The van der Waals surface area contributed by atoms with E-state index in [1.165, 1.54) is 11.1 Å². The molecule has 12 nitrogen and oxygen atoms in total. The third-order valence-electron chi connectivity index (χ3n) is 6.39. The molecule has 2 fully saturated rings. The van der Waals surface area contributed by atoms with Crippen molar-refractivity contribution >= 4 is 17.9 Å². The number of nitrogens with zero attached hydrogens (tertiary/aromatic N) is 5. The summed E-state index contributed by atoms with van der Waals surface area (Å²) in [5.74, 6) is -7.69. The number of methoxy groups -OCH3 is 1. The van der Waals surface area contributed by atoms with Crippen molar-refractivity contribution < 1.29 is 74.0 Å². The van der Waals surface area contributed by atoms with Crippen LogP contribution in [-0.4, -0.2) is 115 Å². The van der Waals surface area contributed by atoms with E-state index in [0.717, 1.165) is 39.1 Å². The minimum absolute atomic E-state index is 0.373. The summed E-state index contributed by atoms with van der Waals surface area (Å²) in [5.41, 5.74) is 2.63. The number of rotatable bonds is 5. The Morgan fingerprint density at radius 3 is 1.72 bits per heavy atom. The number of hydrogen-bond acceptors (Lipinski definition) is 8. The molecule has 0 saturated carbocycles. The number of carboxylic acid groups (broad SMARTS) is 3. The van der Waals surface area contributed by atoms with E-state index in [2.05, 4.69) is 38.2 Å². The Bertz CT molecular complexity index is 1200. The number of carbonyl (C=O) groups is 3. The number of fused-ring (bicyclic) bond motifs is 1. The van der Waals surface area contributed by atoms with E-state index in [1.54, 1.807) is 0 Å². The van der Waals surface area contributed by atoms with Crippen LogP contribution in [0.5, 0.6) is 0 Å². The molecule has 21 heteroatoms. The highest BCUT2D eigenvalue weighted by Crippen LogP contribution is 2.34. The maximum absolute atomic E-state index is 10.6. The van der Waals surface area contributed by atoms with Gasteiger partial charge in [-0.3, -0.25) is 19.5 Å². The molecule has 0 amide bonds. The zero-order valence-corrected chi connectivity index (χ0v) is 24.1. The molecular formula is C25H30F9N5O7. The number of likely N-dealkylation sites (tertiary alicyclic amines) is 2. The molecule has 2 aromatic rings. The van der Waals surface area contributed by atoms with Crippen LogP contribution >= 0.6 is 0 Å². The Balaban J connectivity index is 0.000000413. The van der Waals surface area contributed by atoms with Crippen LogP contribution in [0, 0.1) is 5.92 Å². The summed E-state index contributed by atoms with van der Waals surface area (Å²) in [6.45, 7) is 5.28. The maximum Gasteiger partial charge on any atom is 0.490 e. The number of aryl methyl sites for hydroxylation is 1. The third-order valence-corrected chi connectivity index (χ3v) is 6.39. The standard InChI is InChI=1S/C19H27N5O.3C2HF3O2/c1-22-10-16(9-21-22)12-24-8-5-19(25-2)17-13-23(14-18(17)24)11-15-3-6-20-7-4-15;3*3-2(4,5)1(6)7/h3-4,6-7,9-10,17-19H,5,8,11-14H2,1-2H3;3*(H,6,7)/t17-,18+,19-;;;/m0.../s1. The Kier molecular flexibility index (Phi) is 14.9. The molecule has 0 unspecified atom stereocenters. The quantitative estimate of drug-likeness (QED) is 0.397. The van der Waals surface area contributed by atoms with Gasteiger partial charge >= 0.3 is 36.4 Å². The van der Waals surface area contributed by atoms with Crippen molar-refractivity contribution in [1.82, 2.24) is 24.6 Å². The predicted octanol–water partition coefficient (Wildman–Crippen LogP) is 3.44. The largest absolute Gasteiger partial charge is 0.490 e. The molecule has 4 rings (SSSR count). The van der Waals surface area contributed by atoms with Crippen molar-refractivity contribution in [2.24, 2.45) is 13.0 Å². The van der Waals surface area contributed by atoms with Gasteiger partial charge in [-0.2, -0.15) is 44.6 Å². The summed E-state index contributed by atoms with van der Waals surface area (Å²) < 4.78 is 103. The van der Waals surface area contributed by atoms with Gasteiger partial charge in [-0.05, 0) is 24.1 Å². The molecule has 0 aromatic carbocycles. The SMILES string of the molecule is CO[C@H]1CCN(Cc2cnn(C)c2)[C@@H]2CN(Cc3ccncc3)C[C@H]12.O=C(O)C(F)(F)F.O=C(O)C(F)(F)F.O=C(O)C(F)(F)F. The number of aliphatic carboxylic acids is 3. The molecule has 4 heterocycles. The number of carboxylic acids is 3. The molecule has 0 bridgehead atoms. The van der Waals surface area contributed by atoms with Gasteiger partial charge in [0.2, 0.25) is 0 Å². The van der Waals surface area contributed by atoms with Gasteiger partial charge in [-0.1, -0.05) is 0 Å². The van der Waals surface area contributed by atoms with Crippen molar-refractivity contribution in [3.05, 3.63) is 48.0 Å². The molecule has 46 heavy (non-hydrogen) atoms. The topological polar surface area (TPSA) is 158 Å². The fourth-order valence-electron chi connectivity index (χ4n) is 4.47. The van der Waals surface area contributed by atoms with E-state index in [-0.39, 0.29) is 0 Å². The monoisotopic (exact) mass is 683 g/mol. The molecule has 0 aliphatic carbocycles. The van der Waals surface area contributed by atoms with Crippen molar-refractivity contribution in [3.63, 3.8) is 0 Å². The summed E-state index contributed by atoms with van der Waals surface area (Å²) in [6, 6.07) is 4.78. The number of alkyl halides is 9. The highest BCUT2D eigenvalue weighted by atomic mass is 19.4. The smallest absolute Gasteiger partial charge is 0.475 e. The number of hydrogen-bond donors (Lipinski definition) is 3. The van der Waals surface area contributed by atoms with Crippen LogP contribution < -0.4 is 0 Å². The Labute approximate surface area is 255 Å². The van der Waals surface area contributed by atoms with Gasteiger partial charge in [0.1, 0.15) is 0 Å². The maximum atomic E-state index is 10.6. The van der Waals surface area contributed by atoms with Crippen LogP contribution in [0.2, 0.25) is 0 Å². The summed E-state index contributed by atoms with van der Waals surface area (Å²) in [5, 5.41) is 25.7. The van der Waals surface area contributed by atoms with Crippen LogP contribution in [-0.2, 0) is 39.3 Å². The lowest BCUT2D eigenvalue weighted by Crippen LogP contribution is -2.50. The van der Waals surface area contributed by atoms with E-state index in [4.69, 9.17) is 34.4 Å². The van der Waals surface area contributed by atoms with Crippen LogP contribution in [0.1, 0.15) is 17.5 Å². The summed E-state index contributed by atoms with van der Waals surface area (Å²) in [7, 11) is 3.85. The van der Waals surface area contributed by atoms with Gasteiger partial charge < -0.3 is 20.1 Å². The molecule has 3 N–H and O–H groups in total. The van der Waals surface area contributed by atoms with Gasteiger partial charge in [0.25, 0.3) is 0 Å². The predicted molar refractivity (Wildman–Crippen MR) is 137 cm³/mol. The first-order chi connectivity index (χ1) is 21.1. The van der Waals surface area contributed by atoms with Crippen molar-refractivity contribution in [1.29, 1.82) is 0 Å². The minimum Gasteiger partial charge on any atom is -0.475 e. The van der Waals surface area contributed by atoms with Gasteiger partial charge in [-0.15, -0.1) is 0 Å². The van der Waals surface area contributed by atoms with E-state index in [0.29, 0.717) is 18.1 Å². The average Bonchev–Trinajstić information content (AvgIpc) is 3.55. The van der Waals surface area contributed by atoms with Crippen LogP contribution in [0.4, 0.5) is 39.5 Å². The molecule has 2 saturated heterocycles. The third kappa shape index (κ3) is 14.0. The van der Waals surface area contributed by atoms with Crippen molar-refractivity contribution in [2.75, 3.05) is 26.7 Å². The second kappa shape index (κ2) is 17.1. The van der Waals surface area contributed by atoms with E-state index in [9.17, 15) is 39.5 Å². The fourth-order valence-corrected chi connectivity index (χ4v) is 4.47. The molecule has 2 aliphatic heterocycles. The lowest BCUT2D eigenvalue weighted by Gasteiger charge is -2.41. The van der Waals surface area contributed by atoms with Crippen molar-refractivity contribution in [2.45, 2.75) is 50.2 Å². The lowest BCUT2D eigenvalue weighted by molar-refractivity contribution is -0.193. The zero-order chi connectivity index (χ0) is 35.5. The minimum atomic E-state index is -5.08. The lowest BCUT2D eigenvalue weighted by atomic mass is 9.89. The van der Waals surface area contributed by atoms with Gasteiger partial charge in [0, 0.05) is 83.0 Å². The molecule has 2 aromatic heterocycles. The van der Waals surface area contributed by atoms with Crippen molar-refractivity contribution in [3.8, 4) is 0 Å². The molecule has 0 radical (unpaired) electrons. The molecule has 2 aliphatic rings. The molecule has 260 valence electrons. The summed E-state index contributed by atoms with van der Waals surface area (Å²) in [6.07, 6.45) is -5.89. The molecular weight excluding hydrogens is 653 g/mol. The van der Waals surface area contributed by atoms with Gasteiger partial charge in [-0.25, -0.2) is 14.4 Å². The number of piperidine rings is 1. The van der Waals surface area contributed by atoms with E-state index >= 15 is 0 Å². The highest BCUT2D eigenvalue weighted by Gasteiger charge is 2.44. The van der Waals surface area contributed by atoms with Gasteiger partial charge in [0.05, 0.1) is 12.3 Å². The van der Waals surface area contributed by atoms with Crippen LogP contribution in [0.3, 0.4) is 0 Å². The first-order valence-electron chi connectivity index (χ1n) is 12.8. The number of pyridine rings is 1. The van der Waals surface area contributed by atoms with E-state index < -0.39 is 36.4 Å². The Morgan fingerprint density at radius 2 is 1.33 bits per heavy atom. The fraction of sp³-hybridized carbons (Fsp3) is 0.560. The summed E-state index contributed by atoms with van der Waals surface area (Å²) >= 11 is 0. The van der Waals surface area contributed by atoms with Gasteiger partial charge in [0.15, 0.2) is 0 Å². The Morgan fingerprint density at radius 1 is 0.848 bits per heavy atom. The first-order valence-corrected chi connectivity index (χ1v) is 12.8. The van der Waals surface area contributed by atoms with Crippen LogP contribution in [0.25, 0.3) is 0 Å².